The van der Waals surface area contributed by atoms with E-state index >= 15 is 0 Å². The van der Waals surface area contributed by atoms with Crippen LogP contribution in [-0.4, -0.2) is 47.7 Å². The van der Waals surface area contributed by atoms with Crippen LogP contribution >= 0.6 is 0 Å². The number of nitrogens with zero attached hydrogens (tertiary/aromatic N) is 1. The number of likely N-dealkylation sites (tertiary alicyclic amines) is 1. The molecule has 136 valence electrons. The van der Waals surface area contributed by atoms with Crippen LogP contribution in [-0.2, 0) is 9.59 Å². The van der Waals surface area contributed by atoms with Gasteiger partial charge < -0.3 is 19.5 Å². The number of methoxy groups -OCH3 is 1. The van der Waals surface area contributed by atoms with Gasteiger partial charge in [-0.3, -0.25) is 4.79 Å². The summed E-state index contributed by atoms with van der Waals surface area (Å²) in [4.78, 5) is 25.9. The maximum Gasteiger partial charge on any atom is 0.326 e. The van der Waals surface area contributed by atoms with Crippen molar-refractivity contribution in [2.24, 2.45) is 5.92 Å². The summed E-state index contributed by atoms with van der Waals surface area (Å²) in [6.45, 7) is 0.208. The van der Waals surface area contributed by atoms with Crippen LogP contribution in [0.2, 0.25) is 0 Å². The molecule has 0 radical (unpaired) electrons. The SMILES string of the molecule is COc1ccccc1OCCC(=O)N1C(C(=O)O)CC2CCCCC21. The maximum absolute atomic E-state index is 12.7. The highest BCUT2D eigenvalue weighted by Gasteiger charge is 2.47. The molecular weight excluding hydrogens is 322 g/mol. The lowest BCUT2D eigenvalue weighted by atomic mass is 9.84. The van der Waals surface area contributed by atoms with E-state index in [0.717, 1.165) is 25.7 Å². The van der Waals surface area contributed by atoms with Crippen LogP contribution in [0.15, 0.2) is 24.3 Å². The summed E-state index contributed by atoms with van der Waals surface area (Å²) in [5.41, 5.74) is 0. The predicted octanol–water partition coefficient (Wildman–Crippen LogP) is 2.71. The quantitative estimate of drug-likeness (QED) is 0.856. The third-order valence-electron chi connectivity index (χ3n) is 5.30. The van der Waals surface area contributed by atoms with Crippen molar-refractivity contribution in [1.82, 2.24) is 4.90 Å². The van der Waals surface area contributed by atoms with Gasteiger partial charge in [-0.05, 0) is 37.3 Å². The van der Waals surface area contributed by atoms with Gasteiger partial charge in [-0.1, -0.05) is 25.0 Å². The standard InChI is InChI=1S/C19H25NO5/c1-24-16-8-4-5-9-17(16)25-11-10-18(21)20-14-7-3-2-6-13(14)12-15(20)19(22)23/h4-5,8-9,13-15H,2-3,6-7,10-12H2,1H3,(H,22,23). The molecule has 6 heteroatoms. The Hall–Kier alpha value is -2.24. The van der Waals surface area contributed by atoms with Gasteiger partial charge in [-0.2, -0.15) is 0 Å². The first-order valence-electron chi connectivity index (χ1n) is 8.91. The number of fused-ring (bicyclic) bond motifs is 1. The first kappa shape index (κ1) is 17.6. The van der Waals surface area contributed by atoms with Crippen molar-refractivity contribution in [2.75, 3.05) is 13.7 Å². The van der Waals surface area contributed by atoms with Gasteiger partial charge in [0.15, 0.2) is 11.5 Å². The van der Waals surface area contributed by atoms with Gasteiger partial charge in [-0.15, -0.1) is 0 Å². The second-order valence-corrected chi connectivity index (χ2v) is 6.75. The van der Waals surface area contributed by atoms with Gasteiger partial charge in [0.2, 0.25) is 5.91 Å². The molecule has 3 atom stereocenters. The summed E-state index contributed by atoms with van der Waals surface area (Å²) in [5, 5.41) is 9.51. The van der Waals surface area contributed by atoms with E-state index in [-0.39, 0.29) is 25.0 Å². The van der Waals surface area contributed by atoms with Gasteiger partial charge in [0, 0.05) is 6.04 Å². The second kappa shape index (κ2) is 7.76. The molecule has 1 amide bonds. The molecule has 1 aliphatic heterocycles. The van der Waals surface area contributed by atoms with E-state index in [1.165, 1.54) is 0 Å². The van der Waals surface area contributed by atoms with E-state index in [4.69, 9.17) is 9.47 Å². The summed E-state index contributed by atoms with van der Waals surface area (Å²) in [5.74, 6) is 0.510. The van der Waals surface area contributed by atoms with Crippen molar-refractivity contribution < 1.29 is 24.2 Å². The molecule has 3 rings (SSSR count). The lowest BCUT2D eigenvalue weighted by Gasteiger charge is -2.33. The fraction of sp³-hybridized carbons (Fsp3) is 0.579. The van der Waals surface area contributed by atoms with Crippen LogP contribution in [0.4, 0.5) is 0 Å². The minimum atomic E-state index is -0.895. The number of carboxylic acid groups (broad SMARTS) is 1. The van der Waals surface area contributed by atoms with Crippen molar-refractivity contribution in [2.45, 2.75) is 50.6 Å². The van der Waals surface area contributed by atoms with Crippen molar-refractivity contribution >= 4 is 11.9 Å². The summed E-state index contributed by atoms with van der Waals surface area (Å²) in [6.07, 6.45) is 4.88. The lowest BCUT2D eigenvalue weighted by molar-refractivity contribution is -0.150. The van der Waals surface area contributed by atoms with E-state index in [1.54, 1.807) is 24.1 Å². The molecular formula is C19H25NO5. The Labute approximate surface area is 147 Å². The van der Waals surface area contributed by atoms with E-state index < -0.39 is 12.0 Å². The van der Waals surface area contributed by atoms with E-state index in [1.807, 2.05) is 12.1 Å². The number of para-hydroxylation sites is 2. The van der Waals surface area contributed by atoms with Crippen LogP contribution in [0.25, 0.3) is 0 Å². The van der Waals surface area contributed by atoms with Gasteiger partial charge in [0.25, 0.3) is 0 Å². The number of aliphatic carboxylic acids is 1. The van der Waals surface area contributed by atoms with Crippen LogP contribution in [0, 0.1) is 5.92 Å². The van der Waals surface area contributed by atoms with Crippen LogP contribution in [0.1, 0.15) is 38.5 Å². The highest BCUT2D eigenvalue weighted by atomic mass is 16.5. The van der Waals surface area contributed by atoms with Crippen LogP contribution in [0.3, 0.4) is 0 Å². The lowest BCUT2D eigenvalue weighted by Crippen LogP contribution is -2.46. The zero-order valence-electron chi connectivity index (χ0n) is 14.5. The molecule has 6 nitrogen and oxygen atoms in total. The smallest absolute Gasteiger partial charge is 0.326 e. The van der Waals surface area contributed by atoms with Gasteiger partial charge >= 0.3 is 5.97 Å². The molecule has 1 aromatic carbocycles. The van der Waals surface area contributed by atoms with E-state index in [9.17, 15) is 14.7 Å². The minimum Gasteiger partial charge on any atom is -0.493 e. The summed E-state index contributed by atoms with van der Waals surface area (Å²) >= 11 is 0. The number of ether oxygens (including phenoxy) is 2. The highest BCUT2D eigenvalue weighted by Crippen LogP contribution is 2.40. The Morgan fingerprint density at radius 1 is 1.20 bits per heavy atom. The molecule has 1 N–H and O–H groups in total. The molecule has 0 aromatic heterocycles. The summed E-state index contributed by atoms with van der Waals surface area (Å²) in [7, 11) is 1.57. The molecule has 25 heavy (non-hydrogen) atoms. The van der Waals surface area contributed by atoms with Crippen molar-refractivity contribution in [3.63, 3.8) is 0 Å². The van der Waals surface area contributed by atoms with Crippen molar-refractivity contribution in [3.8, 4) is 11.5 Å². The molecule has 3 unspecified atom stereocenters. The fourth-order valence-corrected chi connectivity index (χ4v) is 4.15. The fourth-order valence-electron chi connectivity index (χ4n) is 4.15. The molecule has 1 saturated heterocycles. The van der Waals surface area contributed by atoms with E-state index in [2.05, 4.69) is 0 Å². The Morgan fingerprint density at radius 2 is 1.92 bits per heavy atom. The predicted molar refractivity (Wildman–Crippen MR) is 91.7 cm³/mol. The van der Waals surface area contributed by atoms with Gasteiger partial charge in [-0.25, -0.2) is 4.79 Å². The molecule has 0 bridgehead atoms. The van der Waals surface area contributed by atoms with E-state index in [0.29, 0.717) is 23.8 Å². The summed E-state index contributed by atoms with van der Waals surface area (Å²) < 4.78 is 10.9. The topological polar surface area (TPSA) is 76.1 Å². The highest BCUT2D eigenvalue weighted by molar-refractivity contribution is 5.84. The molecule has 2 aliphatic rings. The number of hydrogen-bond acceptors (Lipinski definition) is 4. The van der Waals surface area contributed by atoms with Crippen LogP contribution < -0.4 is 9.47 Å². The normalized spacial score (nSPS) is 25.3. The average molecular weight is 347 g/mol. The number of rotatable bonds is 6. The second-order valence-electron chi connectivity index (χ2n) is 6.75. The molecule has 1 aromatic rings. The number of carbonyl (C=O) groups is 2. The first-order valence-corrected chi connectivity index (χ1v) is 8.91. The van der Waals surface area contributed by atoms with Crippen LogP contribution in [0.5, 0.6) is 11.5 Å². The minimum absolute atomic E-state index is 0.0774. The van der Waals surface area contributed by atoms with Crippen molar-refractivity contribution in [1.29, 1.82) is 0 Å². The Morgan fingerprint density at radius 3 is 2.64 bits per heavy atom. The molecule has 1 saturated carbocycles. The number of carbonyl (C=O) groups excluding carboxylic acids is 1. The zero-order chi connectivity index (χ0) is 17.8. The Bertz CT molecular complexity index is 632. The number of amides is 1. The third kappa shape index (κ3) is 3.72. The molecule has 2 fully saturated rings. The Balaban J connectivity index is 1.62. The number of hydrogen-bond donors (Lipinski definition) is 1. The molecule has 1 aliphatic carbocycles. The zero-order valence-corrected chi connectivity index (χ0v) is 14.5. The average Bonchev–Trinajstić information content (AvgIpc) is 3.02. The van der Waals surface area contributed by atoms with Crippen molar-refractivity contribution in [3.05, 3.63) is 24.3 Å². The number of carboxylic acids is 1. The first-order chi connectivity index (χ1) is 12.1. The maximum atomic E-state index is 12.7. The van der Waals surface area contributed by atoms with Gasteiger partial charge in [0.1, 0.15) is 6.04 Å². The Kier molecular flexibility index (Phi) is 5.46. The molecule has 0 spiro atoms. The molecule has 1 heterocycles. The monoisotopic (exact) mass is 347 g/mol. The third-order valence-corrected chi connectivity index (χ3v) is 5.30. The van der Waals surface area contributed by atoms with Gasteiger partial charge in [0.05, 0.1) is 20.1 Å². The summed E-state index contributed by atoms with van der Waals surface area (Å²) in [6, 6.07) is 6.66. The largest absolute Gasteiger partial charge is 0.493 e. The number of benzene rings is 1.